The van der Waals surface area contributed by atoms with E-state index in [2.05, 4.69) is 9.97 Å². The molecule has 0 fully saturated rings. The molecule has 1 heterocycles. The van der Waals surface area contributed by atoms with Crippen LogP contribution in [0.4, 0.5) is 0 Å². The van der Waals surface area contributed by atoms with Crippen molar-refractivity contribution in [3.05, 3.63) is 18.7 Å². The van der Waals surface area contributed by atoms with E-state index in [1.165, 1.54) is 18.7 Å². The first-order valence-electron chi connectivity index (χ1n) is 3.90. The van der Waals surface area contributed by atoms with Gasteiger partial charge in [0.1, 0.15) is 6.33 Å². The summed E-state index contributed by atoms with van der Waals surface area (Å²) >= 11 is 0. The highest BCUT2D eigenvalue weighted by Crippen LogP contribution is 2.05. The van der Waals surface area contributed by atoms with Crippen molar-refractivity contribution in [1.29, 1.82) is 0 Å². The second-order valence-corrected chi connectivity index (χ2v) is 2.73. The number of hydrogen-bond donors (Lipinski definition) is 1. The third kappa shape index (κ3) is 3.62. The Labute approximate surface area is 75.9 Å². The van der Waals surface area contributed by atoms with Gasteiger partial charge in [0.25, 0.3) is 0 Å². The zero-order chi connectivity index (χ0) is 9.68. The van der Waals surface area contributed by atoms with Crippen LogP contribution < -0.4 is 10.5 Å². The molecule has 0 aromatic carbocycles. The lowest BCUT2D eigenvalue weighted by molar-refractivity contribution is -0.134. The zero-order valence-corrected chi connectivity index (χ0v) is 7.30. The van der Waals surface area contributed by atoms with Gasteiger partial charge in [-0.25, -0.2) is 9.97 Å². The van der Waals surface area contributed by atoms with Gasteiger partial charge in [0.05, 0.1) is 18.8 Å². The molecule has 1 atom stereocenters. The topological polar surface area (TPSA) is 78.1 Å². The molecule has 1 rings (SSSR count). The predicted molar refractivity (Wildman–Crippen MR) is 45.9 cm³/mol. The van der Waals surface area contributed by atoms with Crippen LogP contribution in [0, 0.1) is 0 Å². The minimum absolute atomic E-state index is 0.189. The molecule has 0 amide bonds. The normalized spacial score (nSPS) is 12.2. The van der Waals surface area contributed by atoms with E-state index in [9.17, 15) is 4.79 Å². The van der Waals surface area contributed by atoms with Crippen LogP contribution in [-0.2, 0) is 4.79 Å². The molecule has 70 valence electrons. The maximum atomic E-state index is 11.1. The van der Waals surface area contributed by atoms with E-state index in [1.54, 1.807) is 6.92 Å². The first-order valence-corrected chi connectivity index (χ1v) is 3.90. The minimum atomic E-state index is -0.371. The Kier molecular flexibility index (Phi) is 3.33. The molecule has 2 N–H and O–H groups in total. The van der Waals surface area contributed by atoms with Crippen LogP contribution in [0.15, 0.2) is 18.7 Å². The van der Waals surface area contributed by atoms with Crippen molar-refractivity contribution >= 4 is 5.97 Å². The van der Waals surface area contributed by atoms with Crippen molar-refractivity contribution < 1.29 is 9.53 Å². The Bertz CT molecular complexity index is 274. The summed E-state index contributed by atoms with van der Waals surface area (Å²) in [5, 5.41) is 0. The lowest BCUT2D eigenvalue weighted by Gasteiger charge is -2.04. The number of carbonyl (C=O) groups is 1. The molecule has 0 saturated heterocycles. The molecule has 0 unspecified atom stereocenters. The average Bonchev–Trinajstić information content (AvgIpc) is 2.04. The second kappa shape index (κ2) is 4.51. The Balaban J connectivity index is 2.46. The van der Waals surface area contributed by atoms with E-state index in [0.717, 1.165) is 0 Å². The van der Waals surface area contributed by atoms with Crippen molar-refractivity contribution in [1.82, 2.24) is 9.97 Å². The smallest absolute Gasteiger partial charge is 0.312 e. The fourth-order valence-corrected chi connectivity index (χ4v) is 0.774. The first kappa shape index (κ1) is 9.60. The average molecular weight is 181 g/mol. The molecular formula is C8H11N3O2. The van der Waals surface area contributed by atoms with Crippen molar-refractivity contribution in [2.45, 2.75) is 19.4 Å². The van der Waals surface area contributed by atoms with Gasteiger partial charge in [0.2, 0.25) is 0 Å². The van der Waals surface area contributed by atoms with Gasteiger partial charge >= 0.3 is 5.97 Å². The summed E-state index contributed by atoms with van der Waals surface area (Å²) in [6, 6.07) is -0.197. The van der Waals surface area contributed by atoms with Gasteiger partial charge < -0.3 is 10.5 Å². The summed E-state index contributed by atoms with van der Waals surface area (Å²) < 4.78 is 4.88. The summed E-state index contributed by atoms with van der Waals surface area (Å²) in [4.78, 5) is 18.5. The summed E-state index contributed by atoms with van der Waals surface area (Å²) in [5.74, 6) is -0.0297. The summed E-state index contributed by atoms with van der Waals surface area (Å²) in [5.41, 5.74) is 5.41. The quantitative estimate of drug-likeness (QED) is 0.670. The van der Waals surface area contributed by atoms with Gasteiger partial charge in [-0.3, -0.25) is 4.79 Å². The Morgan fingerprint density at radius 3 is 2.77 bits per heavy atom. The van der Waals surface area contributed by atoms with Crippen LogP contribution in [0.1, 0.15) is 13.3 Å². The molecule has 1 aromatic heterocycles. The number of aromatic nitrogens is 2. The highest BCUT2D eigenvalue weighted by atomic mass is 16.5. The molecule has 0 bridgehead atoms. The molecule has 0 spiro atoms. The maximum Gasteiger partial charge on any atom is 0.312 e. The van der Waals surface area contributed by atoms with Crippen LogP contribution in [0.25, 0.3) is 0 Å². The molecule has 0 aliphatic carbocycles. The fraction of sp³-hybridized carbons (Fsp3) is 0.375. The monoisotopic (exact) mass is 181 g/mol. The second-order valence-electron chi connectivity index (χ2n) is 2.73. The van der Waals surface area contributed by atoms with Gasteiger partial charge in [-0.15, -0.1) is 0 Å². The number of nitrogens with zero attached hydrogens (tertiary/aromatic N) is 2. The Morgan fingerprint density at radius 1 is 1.62 bits per heavy atom. The largest absolute Gasteiger partial charge is 0.423 e. The van der Waals surface area contributed by atoms with E-state index < -0.39 is 0 Å². The predicted octanol–water partition coefficient (Wildman–Crippen LogP) is 0.119. The van der Waals surface area contributed by atoms with Gasteiger partial charge in [0, 0.05) is 6.04 Å². The summed E-state index contributed by atoms with van der Waals surface area (Å²) in [7, 11) is 0. The number of nitrogens with two attached hydrogens (primary N) is 1. The van der Waals surface area contributed by atoms with Crippen molar-refractivity contribution in [2.24, 2.45) is 5.73 Å². The Hall–Kier alpha value is -1.49. The SMILES string of the molecule is C[C@H](N)CC(=O)Oc1cncnc1. The van der Waals surface area contributed by atoms with Gasteiger partial charge in [-0.1, -0.05) is 0 Å². The van der Waals surface area contributed by atoms with E-state index >= 15 is 0 Å². The van der Waals surface area contributed by atoms with E-state index in [0.29, 0.717) is 5.75 Å². The summed E-state index contributed by atoms with van der Waals surface area (Å²) in [6.07, 6.45) is 4.40. The minimum Gasteiger partial charge on any atom is -0.423 e. The zero-order valence-electron chi connectivity index (χ0n) is 7.30. The summed E-state index contributed by atoms with van der Waals surface area (Å²) in [6.45, 7) is 1.74. The van der Waals surface area contributed by atoms with E-state index in [1.807, 2.05) is 0 Å². The molecule has 1 aromatic rings. The van der Waals surface area contributed by atoms with Crippen molar-refractivity contribution in [3.63, 3.8) is 0 Å². The highest BCUT2D eigenvalue weighted by molar-refractivity contribution is 5.72. The lowest BCUT2D eigenvalue weighted by atomic mass is 10.2. The van der Waals surface area contributed by atoms with Crippen LogP contribution >= 0.6 is 0 Å². The molecule has 0 aliphatic rings. The van der Waals surface area contributed by atoms with Crippen LogP contribution in [-0.4, -0.2) is 22.0 Å². The number of rotatable bonds is 3. The molecule has 5 nitrogen and oxygen atoms in total. The van der Waals surface area contributed by atoms with Crippen LogP contribution in [0.5, 0.6) is 5.75 Å². The third-order valence-corrected chi connectivity index (χ3v) is 1.26. The number of hydrogen-bond acceptors (Lipinski definition) is 5. The lowest BCUT2D eigenvalue weighted by Crippen LogP contribution is -2.22. The van der Waals surface area contributed by atoms with Gasteiger partial charge in [0.15, 0.2) is 5.75 Å². The van der Waals surface area contributed by atoms with Crippen LogP contribution in [0.2, 0.25) is 0 Å². The van der Waals surface area contributed by atoms with Crippen molar-refractivity contribution in [2.75, 3.05) is 0 Å². The number of esters is 1. The molecule has 5 heteroatoms. The van der Waals surface area contributed by atoms with E-state index in [-0.39, 0.29) is 18.4 Å². The van der Waals surface area contributed by atoms with Gasteiger partial charge in [-0.2, -0.15) is 0 Å². The number of ether oxygens (including phenoxy) is 1. The molecule has 0 radical (unpaired) electrons. The van der Waals surface area contributed by atoms with E-state index in [4.69, 9.17) is 10.5 Å². The molecule has 0 aliphatic heterocycles. The standard InChI is InChI=1S/C8H11N3O2/c1-6(9)2-8(12)13-7-3-10-5-11-4-7/h3-6H,2,9H2,1H3/t6-/m0/s1. The van der Waals surface area contributed by atoms with Crippen LogP contribution in [0.3, 0.4) is 0 Å². The number of carbonyl (C=O) groups excluding carboxylic acids is 1. The first-order chi connectivity index (χ1) is 6.18. The third-order valence-electron chi connectivity index (χ3n) is 1.26. The highest BCUT2D eigenvalue weighted by Gasteiger charge is 2.07. The molecule has 0 saturated carbocycles. The fourth-order valence-electron chi connectivity index (χ4n) is 0.774. The maximum absolute atomic E-state index is 11.1. The van der Waals surface area contributed by atoms with Crippen molar-refractivity contribution in [3.8, 4) is 5.75 Å². The van der Waals surface area contributed by atoms with Gasteiger partial charge in [-0.05, 0) is 6.92 Å². The Morgan fingerprint density at radius 2 is 2.23 bits per heavy atom. The molecule has 13 heavy (non-hydrogen) atoms. The molecular weight excluding hydrogens is 170 g/mol.